The third-order valence-corrected chi connectivity index (χ3v) is 4.36. The van der Waals surface area contributed by atoms with Crippen molar-refractivity contribution in [3.05, 3.63) is 93.5 Å². The molecular weight excluding hydrogens is 367 g/mol. The highest BCUT2D eigenvalue weighted by atomic mass is 35.5. The molecule has 4 aromatic rings. The summed E-state index contributed by atoms with van der Waals surface area (Å²) in [6.07, 6.45) is 0. The van der Waals surface area contributed by atoms with Crippen molar-refractivity contribution in [3.63, 3.8) is 0 Å². The van der Waals surface area contributed by atoms with Crippen LogP contribution >= 0.6 is 11.6 Å². The highest BCUT2D eigenvalue weighted by Gasteiger charge is 2.08. The predicted molar refractivity (Wildman–Crippen MR) is 104 cm³/mol. The van der Waals surface area contributed by atoms with Crippen molar-refractivity contribution in [2.24, 2.45) is 0 Å². The number of rotatable bonds is 4. The molecule has 0 aliphatic carbocycles. The van der Waals surface area contributed by atoms with Crippen molar-refractivity contribution in [1.82, 2.24) is 9.97 Å². The van der Waals surface area contributed by atoms with Crippen LogP contribution in [0.1, 0.15) is 5.56 Å². The van der Waals surface area contributed by atoms with E-state index in [1.807, 2.05) is 12.1 Å². The molecule has 0 amide bonds. The molecule has 27 heavy (non-hydrogen) atoms. The number of ether oxygens (including phenoxy) is 1. The number of para-hydroxylation sites is 1. The van der Waals surface area contributed by atoms with E-state index in [-0.39, 0.29) is 12.2 Å². The van der Waals surface area contributed by atoms with Gasteiger partial charge in [0.05, 0.1) is 10.9 Å². The number of hydrogen-bond donors (Lipinski definition) is 1. The minimum absolute atomic E-state index is 0.0636. The molecule has 1 N–H and O–H groups in total. The Labute approximate surface area is 159 Å². The molecule has 0 atom stereocenters. The number of nitrogens with one attached hydrogen (secondary N) is 1. The molecule has 0 unspecified atom stereocenters. The molecular formula is C21H14ClFN2O2. The number of fused-ring (bicyclic) bond motifs is 1. The van der Waals surface area contributed by atoms with Gasteiger partial charge in [-0.15, -0.1) is 0 Å². The number of aromatic nitrogens is 2. The van der Waals surface area contributed by atoms with Crippen molar-refractivity contribution in [2.45, 2.75) is 6.61 Å². The lowest BCUT2D eigenvalue weighted by molar-refractivity contribution is 0.300. The van der Waals surface area contributed by atoms with Gasteiger partial charge in [0.2, 0.25) is 0 Å². The zero-order chi connectivity index (χ0) is 18.8. The van der Waals surface area contributed by atoms with Crippen LogP contribution in [-0.2, 0) is 6.61 Å². The summed E-state index contributed by atoms with van der Waals surface area (Å²) in [5.74, 6) is 0.568. The quantitative estimate of drug-likeness (QED) is 0.544. The summed E-state index contributed by atoms with van der Waals surface area (Å²) >= 11 is 5.76. The fourth-order valence-electron chi connectivity index (χ4n) is 2.76. The van der Waals surface area contributed by atoms with Gasteiger partial charge in [0.1, 0.15) is 24.0 Å². The first-order valence-electron chi connectivity index (χ1n) is 8.26. The molecule has 0 fully saturated rings. The van der Waals surface area contributed by atoms with E-state index in [0.717, 1.165) is 0 Å². The Morgan fingerprint density at radius 3 is 2.74 bits per heavy atom. The molecule has 0 aliphatic rings. The third kappa shape index (κ3) is 3.68. The molecule has 0 radical (unpaired) electrons. The lowest BCUT2D eigenvalue weighted by Gasteiger charge is -2.09. The maximum absolute atomic E-state index is 13.9. The first-order chi connectivity index (χ1) is 13.1. The second-order valence-electron chi connectivity index (χ2n) is 5.98. The standard InChI is InChI=1S/C21H14ClFN2O2/c22-15-9-8-14(18(23)11-15)12-27-16-5-3-4-13(10-16)20-24-19-7-2-1-6-17(19)21(26)25-20/h1-11H,12H2,(H,24,25,26). The molecule has 0 spiro atoms. The summed E-state index contributed by atoms with van der Waals surface area (Å²) in [6, 6.07) is 18.7. The molecule has 6 heteroatoms. The van der Waals surface area contributed by atoms with Crippen LogP contribution in [0.2, 0.25) is 5.02 Å². The van der Waals surface area contributed by atoms with Gasteiger partial charge in [-0.3, -0.25) is 4.79 Å². The Morgan fingerprint density at radius 1 is 1.04 bits per heavy atom. The van der Waals surface area contributed by atoms with E-state index >= 15 is 0 Å². The molecule has 134 valence electrons. The van der Waals surface area contributed by atoms with E-state index in [2.05, 4.69) is 9.97 Å². The molecule has 1 aromatic heterocycles. The van der Waals surface area contributed by atoms with Gasteiger partial charge in [-0.25, -0.2) is 9.37 Å². The summed E-state index contributed by atoms with van der Waals surface area (Å²) in [6.45, 7) is 0.0636. The molecule has 4 nitrogen and oxygen atoms in total. The van der Waals surface area contributed by atoms with Crippen molar-refractivity contribution in [1.29, 1.82) is 0 Å². The minimum Gasteiger partial charge on any atom is -0.489 e. The van der Waals surface area contributed by atoms with Gasteiger partial charge in [0.25, 0.3) is 5.56 Å². The average molecular weight is 381 g/mol. The Balaban J connectivity index is 1.62. The van der Waals surface area contributed by atoms with E-state index in [9.17, 15) is 9.18 Å². The van der Waals surface area contributed by atoms with E-state index in [1.54, 1.807) is 48.5 Å². The van der Waals surface area contributed by atoms with E-state index in [4.69, 9.17) is 16.3 Å². The number of H-pyrrole nitrogens is 1. The van der Waals surface area contributed by atoms with E-state index < -0.39 is 5.82 Å². The highest BCUT2D eigenvalue weighted by molar-refractivity contribution is 6.30. The second-order valence-corrected chi connectivity index (χ2v) is 6.42. The number of halogens is 2. The smallest absolute Gasteiger partial charge is 0.259 e. The first kappa shape index (κ1) is 17.2. The third-order valence-electron chi connectivity index (χ3n) is 4.13. The van der Waals surface area contributed by atoms with Crippen LogP contribution in [0.15, 0.2) is 71.5 Å². The monoisotopic (exact) mass is 380 g/mol. The zero-order valence-corrected chi connectivity index (χ0v) is 14.8. The van der Waals surface area contributed by atoms with Crippen LogP contribution in [0.3, 0.4) is 0 Å². The number of hydrogen-bond acceptors (Lipinski definition) is 3. The number of nitrogens with zero attached hydrogens (tertiary/aromatic N) is 1. The molecule has 4 rings (SSSR count). The average Bonchev–Trinajstić information content (AvgIpc) is 2.67. The summed E-state index contributed by atoms with van der Waals surface area (Å²) in [5, 5.41) is 0.872. The van der Waals surface area contributed by atoms with Crippen molar-refractivity contribution >= 4 is 22.5 Å². The Morgan fingerprint density at radius 2 is 1.89 bits per heavy atom. The van der Waals surface area contributed by atoms with Gasteiger partial charge in [-0.1, -0.05) is 41.9 Å². The van der Waals surface area contributed by atoms with Crippen molar-refractivity contribution in [3.8, 4) is 17.1 Å². The molecule has 1 heterocycles. The topological polar surface area (TPSA) is 55.0 Å². The fraction of sp³-hybridized carbons (Fsp3) is 0.0476. The second kappa shape index (κ2) is 7.21. The van der Waals surface area contributed by atoms with Gasteiger partial charge in [-0.2, -0.15) is 0 Å². The van der Waals surface area contributed by atoms with Gasteiger partial charge >= 0.3 is 0 Å². The van der Waals surface area contributed by atoms with Crippen LogP contribution in [0.4, 0.5) is 4.39 Å². The van der Waals surface area contributed by atoms with Crippen molar-refractivity contribution in [2.75, 3.05) is 0 Å². The van der Waals surface area contributed by atoms with Crippen LogP contribution in [0, 0.1) is 5.82 Å². The summed E-state index contributed by atoms with van der Waals surface area (Å²) in [5.41, 5.74) is 1.52. The summed E-state index contributed by atoms with van der Waals surface area (Å²) in [4.78, 5) is 19.5. The zero-order valence-electron chi connectivity index (χ0n) is 14.1. The summed E-state index contributed by atoms with van der Waals surface area (Å²) < 4.78 is 19.6. The van der Waals surface area contributed by atoms with Crippen LogP contribution < -0.4 is 10.3 Å². The summed E-state index contributed by atoms with van der Waals surface area (Å²) in [7, 11) is 0. The van der Waals surface area contributed by atoms with Crippen molar-refractivity contribution < 1.29 is 9.13 Å². The number of aromatic amines is 1. The molecule has 0 bridgehead atoms. The van der Waals surface area contributed by atoms with Gasteiger partial charge in [0, 0.05) is 16.1 Å². The van der Waals surface area contributed by atoms with E-state index in [1.165, 1.54) is 6.07 Å². The van der Waals surface area contributed by atoms with E-state index in [0.29, 0.717) is 38.6 Å². The Bertz CT molecular complexity index is 1190. The Hall–Kier alpha value is -3.18. The molecule has 3 aromatic carbocycles. The SMILES string of the molecule is O=c1[nH]c(-c2cccc(OCc3ccc(Cl)cc3F)c2)nc2ccccc12. The first-order valence-corrected chi connectivity index (χ1v) is 8.64. The Kier molecular flexibility index (Phi) is 4.60. The van der Waals surface area contributed by atoms with Crippen LogP contribution in [0.25, 0.3) is 22.3 Å². The maximum Gasteiger partial charge on any atom is 0.259 e. The lowest BCUT2D eigenvalue weighted by Crippen LogP contribution is -2.09. The molecule has 0 saturated carbocycles. The molecule has 0 aliphatic heterocycles. The minimum atomic E-state index is -0.417. The normalized spacial score (nSPS) is 10.9. The highest BCUT2D eigenvalue weighted by Crippen LogP contribution is 2.23. The maximum atomic E-state index is 13.9. The number of benzene rings is 3. The largest absolute Gasteiger partial charge is 0.489 e. The molecule has 0 saturated heterocycles. The fourth-order valence-corrected chi connectivity index (χ4v) is 2.91. The van der Waals surface area contributed by atoms with Gasteiger partial charge in [0.15, 0.2) is 0 Å². The lowest BCUT2D eigenvalue weighted by atomic mass is 10.2. The van der Waals surface area contributed by atoms with Crippen LogP contribution in [-0.4, -0.2) is 9.97 Å². The predicted octanol–water partition coefficient (Wildman–Crippen LogP) is 4.96. The van der Waals surface area contributed by atoms with Gasteiger partial charge in [-0.05, 0) is 36.4 Å². The van der Waals surface area contributed by atoms with Crippen LogP contribution in [0.5, 0.6) is 5.75 Å². The van der Waals surface area contributed by atoms with Gasteiger partial charge < -0.3 is 9.72 Å².